The first kappa shape index (κ1) is 21.0. The molecule has 8 nitrogen and oxygen atoms in total. The number of halogens is 1. The third-order valence-electron chi connectivity index (χ3n) is 4.14. The van der Waals surface area contributed by atoms with E-state index in [2.05, 4.69) is 20.6 Å². The molecule has 0 unspecified atom stereocenters. The van der Waals surface area contributed by atoms with Crippen molar-refractivity contribution in [1.29, 1.82) is 0 Å². The van der Waals surface area contributed by atoms with Crippen molar-refractivity contribution < 1.29 is 18.7 Å². The van der Waals surface area contributed by atoms with E-state index in [1.165, 1.54) is 18.3 Å². The first-order valence-corrected chi connectivity index (χ1v) is 9.18. The van der Waals surface area contributed by atoms with Crippen LogP contribution >= 0.6 is 0 Å². The molecule has 4 N–H and O–H groups in total. The molecule has 0 bridgehead atoms. The van der Waals surface area contributed by atoms with Gasteiger partial charge in [-0.3, -0.25) is 4.79 Å². The molecule has 0 aliphatic rings. The minimum absolute atomic E-state index is 0.178. The van der Waals surface area contributed by atoms with Crippen molar-refractivity contribution in [2.45, 2.75) is 6.54 Å². The Morgan fingerprint density at radius 1 is 1.17 bits per heavy atom. The summed E-state index contributed by atoms with van der Waals surface area (Å²) in [4.78, 5) is 20.5. The molecule has 0 fully saturated rings. The number of aromatic nitrogens is 2. The van der Waals surface area contributed by atoms with Gasteiger partial charge in [-0.1, -0.05) is 0 Å². The lowest BCUT2D eigenvalue weighted by Crippen LogP contribution is -2.14. The van der Waals surface area contributed by atoms with E-state index in [0.717, 1.165) is 0 Å². The Morgan fingerprint density at radius 3 is 2.77 bits per heavy atom. The van der Waals surface area contributed by atoms with Crippen molar-refractivity contribution in [2.24, 2.45) is 0 Å². The molecule has 0 spiro atoms. The Labute approximate surface area is 173 Å². The molecule has 2 aromatic heterocycles. The van der Waals surface area contributed by atoms with Crippen LogP contribution < -0.4 is 21.1 Å². The topological polar surface area (TPSA) is 111 Å². The molecule has 0 saturated heterocycles. The van der Waals surface area contributed by atoms with Crippen LogP contribution in [0.25, 0.3) is 0 Å². The van der Waals surface area contributed by atoms with Gasteiger partial charge in [-0.2, -0.15) is 0 Å². The Kier molecular flexibility index (Phi) is 7.12. The molecule has 9 heteroatoms. The van der Waals surface area contributed by atoms with Crippen LogP contribution in [0.15, 0.2) is 54.9 Å². The lowest BCUT2D eigenvalue weighted by atomic mass is 10.1. The van der Waals surface area contributed by atoms with Crippen molar-refractivity contribution >= 4 is 23.1 Å². The minimum atomic E-state index is -0.416. The minimum Gasteiger partial charge on any atom is -0.490 e. The molecule has 156 valence electrons. The van der Waals surface area contributed by atoms with Crippen LogP contribution in [-0.4, -0.2) is 36.2 Å². The van der Waals surface area contributed by atoms with E-state index in [9.17, 15) is 9.18 Å². The molecule has 3 rings (SSSR count). The number of carbonyl (C=O) groups excluding carboxylic acids is 1. The average molecular weight is 411 g/mol. The van der Waals surface area contributed by atoms with E-state index in [-0.39, 0.29) is 12.2 Å². The van der Waals surface area contributed by atoms with Gasteiger partial charge >= 0.3 is 0 Å². The van der Waals surface area contributed by atoms with E-state index >= 15 is 0 Å². The number of nitrogens with zero attached hydrogens (tertiary/aromatic N) is 2. The summed E-state index contributed by atoms with van der Waals surface area (Å²) >= 11 is 0. The normalized spacial score (nSPS) is 10.5. The Hall–Kier alpha value is -3.72. The summed E-state index contributed by atoms with van der Waals surface area (Å²) in [5.41, 5.74) is 7.40. The van der Waals surface area contributed by atoms with E-state index in [0.29, 0.717) is 41.7 Å². The molecule has 0 aliphatic heterocycles. The summed E-state index contributed by atoms with van der Waals surface area (Å²) in [7, 11) is 1.58. The zero-order valence-corrected chi connectivity index (χ0v) is 16.4. The monoisotopic (exact) mass is 411 g/mol. The van der Waals surface area contributed by atoms with Gasteiger partial charge in [-0.25, -0.2) is 14.4 Å². The van der Waals surface area contributed by atoms with Gasteiger partial charge in [0.1, 0.15) is 29.7 Å². The van der Waals surface area contributed by atoms with Crippen LogP contribution in [0.3, 0.4) is 0 Å². The van der Waals surface area contributed by atoms with Crippen LogP contribution in [0.2, 0.25) is 0 Å². The fourth-order valence-corrected chi connectivity index (χ4v) is 2.58. The Balaban J connectivity index is 1.63. The van der Waals surface area contributed by atoms with Crippen molar-refractivity contribution in [3.63, 3.8) is 0 Å². The summed E-state index contributed by atoms with van der Waals surface area (Å²) in [6.07, 6.45) is 3.03. The number of pyridine rings is 2. The molecule has 0 radical (unpaired) electrons. The van der Waals surface area contributed by atoms with Crippen LogP contribution in [0.5, 0.6) is 5.75 Å². The zero-order chi connectivity index (χ0) is 21.3. The van der Waals surface area contributed by atoms with Crippen molar-refractivity contribution in [3.8, 4) is 5.75 Å². The second-order valence-electron chi connectivity index (χ2n) is 6.27. The van der Waals surface area contributed by atoms with Crippen LogP contribution in [0.1, 0.15) is 16.1 Å². The maximum atomic E-state index is 14.2. The molecule has 1 amide bonds. The smallest absolute Gasteiger partial charge is 0.274 e. The molecule has 0 aliphatic carbocycles. The number of carbonyl (C=O) groups is 1. The number of hydrogen-bond donors (Lipinski definition) is 3. The van der Waals surface area contributed by atoms with E-state index in [1.54, 1.807) is 43.6 Å². The number of anilines is 3. The maximum absolute atomic E-state index is 14.2. The summed E-state index contributed by atoms with van der Waals surface area (Å²) in [5, 5.41) is 5.75. The maximum Gasteiger partial charge on any atom is 0.274 e. The standard InChI is InChI=1S/C21H22FN5O3/c1-29-9-10-30-16-5-7-19(26-13-16)21(28)27-15-4-6-17(22)14(11-15)12-25-18-3-2-8-24-20(18)23/h2-8,11,13,25H,9-10,12H2,1H3,(H2,23,24)(H,27,28). The zero-order valence-electron chi connectivity index (χ0n) is 16.4. The quantitative estimate of drug-likeness (QED) is 0.464. The second-order valence-corrected chi connectivity index (χ2v) is 6.27. The lowest BCUT2D eigenvalue weighted by Gasteiger charge is -2.11. The van der Waals surface area contributed by atoms with Gasteiger partial charge in [-0.15, -0.1) is 0 Å². The third-order valence-corrected chi connectivity index (χ3v) is 4.14. The van der Waals surface area contributed by atoms with Gasteiger partial charge in [-0.05, 0) is 42.5 Å². The first-order valence-electron chi connectivity index (χ1n) is 9.18. The van der Waals surface area contributed by atoms with Gasteiger partial charge in [0.05, 0.1) is 18.5 Å². The van der Waals surface area contributed by atoms with Crippen molar-refractivity contribution in [2.75, 3.05) is 36.7 Å². The summed E-state index contributed by atoms with van der Waals surface area (Å²) in [6, 6.07) is 11.0. The summed E-state index contributed by atoms with van der Waals surface area (Å²) in [6.45, 7) is 1.02. The SMILES string of the molecule is COCCOc1ccc(C(=O)Nc2ccc(F)c(CNc3cccnc3N)c2)nc1. The highest BCUT2D eigenvalue weighted by Gasteiger charge is 2.11. The van der Waals surface area contributed by atoms with Gasteiger partial charge in [0.15, 0.2) is 0 Å². The molecule has 1 aromatic carbocycles. The second kappa shape index (κ2) is 10.2. The largest absolute Gasteiger partial charge is 0.490 e. The first-order chi connectivity index (χ1) is 14.6. The van der Waals surface area contributed by atoms with E-state index in [1.807, 2.05) is 0 Å². The molecule has 3 aromatic rings. The highest BCUT2D eigenvalue weighted by Crippen LogP contribution is 2.20. The predicted octanol–water partition coefficient (Wildman–Crippen LogP) is 3.09. The third kappa shape index (κ3) is 5.65. The number of hydrogen-bond acceptors (Lipinski definition) is 7. The van der Waals surface area contributed by atoms with Crippen LogP contribution in [0, 0.1) is 5.82 Å². The highest BCUT2D eigenvalue weighted by molar-refractivity contribution is 6.02. The Morgan fingerprint density at radius 2 is 2.03 bits per heavy atom. The molecular formula is C21H22FN5O3. The molecule has 0 atom stereocenters. The highest BCUT2D eigenvalue weighted by atomic mass is 19.1. The van der Waals surface area contributed by atoms with Gasteiger partial charge in [0.2, 0.25) is 0 Å². The molecular weight excluding hydrogens is 389 g/mol. The van der Waals surface area contributed by atoms with Gasteiger partial charge in [0, 0.05) is 31.1 Å². The predicted molar refractivity (Wildman–Crippen MR) is 112 cm³/mol. The van der Waals surface area contributed by atoms with Crippen molar-refractivity contribution in [3.05, 3.63) is 71.9 Å². The van der Waals surface area contributed by atoms with Gasteiger partial charge in [0.25, 0.3) is 5.91 Å². The fraction of sp³-hybridized carbons (Fsp3) is 0.190. The Bertz CT molecular complexity index is 998. The number of nitrogen functional groups attached to an aromatic ring is 1. The number of methoxy groups -OCH3 is 1. The summed E-state index contributed by atoms with van der Waals surface area (Å²) in [5.74, 6) is 0.0376. The number of amides is 1. The number of rotatable bonds is 9. The molecule has 30 heavy (non-hydrogen) atoms. The number of benzene rings is 1. The van der Waals surface area contributed by atoms with Crippen LogP contribution in [0.4, 0.5) is 21.6 Å². The number of nitrogens with two attached hydrogens (primary N) is 1. The van der Waals surface area contributed by atoms with E-state index < -0.39 is 11.7 Å². The lowest BCUT2D eigenvalue weighted by molar-refractivity contribution is 0.102. The number of ether oxygens (including phenoxy) is 2. The van der Waals surface area contributed by atoms with Gasteiger partial charge < -0.3 is 25.8 Å². The molecule has 2 heterocycles. The van der Waals surface area contributed by atoms with E-state index in [4.69, 9.17) is 15.2 Å². The van der Waals surface area contributed by atoms with Crippen LogP contribution in [-0.2, 0) is 11.3 Å². The number of nitrogens with one attached hydrogen (secondary N) is 2. The summed E-state index contributed by atoms with van der Waals surface area (Å²) < 4.78 is 24.5. The fourth-order valence-electron chi connectivity index (χ4n) is 2.58. The van der Waals surface area contributed by atoms with Crippen molar-refractivity contribution in [1.82, 2.24) is 9.97 Å². The molecule has 0 saturated carbocycles. The average Bonchev–Trinajstić information content (AvgIpc) is 2.75.